The number of nitrogens with zero attached hydrogens (tertiary/aromatic N) is 1. The maximum atomic E-state index is 5.93. The SMILES string of the molecule is CCOc1ccc2nc(CC3(CN)CCC3)sc2c1. The summed E-state index contributed by atoms with van der Waals surface area (Å²) in [6.07, 6.45) is 4.86. The minimum Gasteiger partial charge on any atom is -0.494 e. The van der Waals surface area contributed by atoms with Crippen molar-refractivity contribution in [3.05, 3.63) is 23.2 Å². The van der Waals surface area contributed by atoms with E-state index in [4.69, 9.17) is 15.5 Å². The molecule has 0 bridgehead atoms. The van der Waals surface area contributed by atoms with Crippen LogP contribution in [0.5, 0.6) is 5.75 Å². The summed E-state index contributed by atoms with van der Waals surface area (Å²) in [6, 6.07) is 6.14. The number of aromatic nitrogens is 1. The van der Waals surface area contributed by atoms with Crippen molar-refractivity contribution in [1.82, 2.24) is 4.98 Å². The Labute approximate surface area is 117 Å². The number of nitrogens with two attached hydrogens (primary N) is 1. The van der Waals surface area contributed by atoms with E-state index in [-0.39, 0.29) is 0 Å². The van der Waals surface area contributed by atoms with E-state index in [0.717, 1.165) is 24.2 Å². The first kappa shape index (κ1) is 12.9. The van der Waals surface area contributed by atoms with Gasteiger partial charge in [-0.15, -0.1) is 11.3 Å². The number of thiazole rings is 1. The fourth-order valence-corrected chi connectivity index (χ4v) is 3.90. The highest BCUT2D eigenvalue weighted by molar-refractivity contribution is 7.18. The summed E-state index contributed by atoms with van der Waals surface area (Å²) in [6.45, 7) is 3.49. The molecule has 19 heavy (non-hydrogen) atoms. The Balaban J connectivity index is 1.84. The van der Waals surface area contributed by atoms with Gasteiger partial charge in [0.1, 0.15) is 5.75 Å². The first-order valence-electron chi connectivity index (χ1n) is 6.97. The zero-order valence-electron chi connectivity index (χ0n) is 11.3. The van der Waals surface area contributed by atoms with Crippen LogP contribution in [0.15, 0.2) is 18.2 Å². The Morgan fingerprint density at radius 2 is 2.26 bits per heavy atom. The quantitative estimate of drug-likeness (QED) is 0.911. The Kier molecular flexibility index (Phi) is 3.46. The number of ether oxygens (including phenoxy) is 1. The zero-order valence-corrected chi connectivity index (χ0v) is 12.1. The summed E-state index contributed by atoms with van der Waals surface area (Å²) in [5, 5.41) is 1.22. The largest absolute Gasteiger partial charge is 0.494 e. The van der Waals surface area contributed by atoms with Gasteiger partial charge < -0.3 is 10.5 Å². The Bertz CT molecular complexity index is 569. The van der Waals surface area contributed by atoms with Gasteiger partial charge in [-0.05, 0) is 49.9 Å². The van der Waals surface area contributed by atoms with Crippen molar-refractivity contribution >= 4 is 21.6 Å². The number of rotatable bonds is 5. The van der Waals surface area contributed by atoms with Crippen LogP contribution < -0.4 is 10.5 Å². The molecule has 1 aliphatic rings. The maximum absolute atomic E-state index is 5.93. The van der Waals surface area contributed by atoms with Gasteiger partial charge in [0.15, 0.2) is 0 Å². The molecule has 3 nitrogen and oxygen atoms in total. The monoisotopic (exact) mass is 276 g/mol. The number of hydrogen-bond acceptors (Lipinski definition) is 4. The first-order valence-corrected chi connectivity index (χ1v) is 7.79. The molecule has 0 spiro atoms. The van der Waals surface area contributed by atoms with Crippen LogP contribution in [0.25, 0.3) is 10.2 Å². The highest BCUT2D eigenvalue weighted by Gasteiger charge is 2.36. The second kappa shape index (κ2) is 5.10. The van der Waals surface area contributed by atoms with E-state index in [1.165, 1.54) is 29.0 Å². The third-order valence-electron chi connectivity index (χ3n) is 4.09. The Morgan fingerprint density at radius 1 is 1.42 bits per heavy atom. The molecule has 1 fully saturated rings. The van der Waals surface area contributed by atoms with Crippen molar-refractivity contribution in [2.24, 2.45) is 11.1 Å². The van der Waals surface area contributed by atoms with Gasteiger partial charge in [0.2, 0.25) is 0 Å². The molecule has 0 saturated heterocycles. The molecular formula is C15H20N2OS. The van der Waals surface area contributed by atoms with Crippen molar-refractivity contribution in [2.45, 2.75) is 32.6 Å². The van der Waals surface area contributed by atoms with Gasteiger partial charge in [-0.2, -0.15) is 0 Å². The highest BCUT2D eigenvalue weighted by atomic mass is 32.1. The van der Waals surface area contributed by atoms with Crippen molar-refractivity contribution in [3.8, 4) is 5.75 Å². The molecule has 1 aromatic heterocycles. The smallest absolute Gasteiger partial charge is 0.120 e. The van der Waals surface area contributed by atoms with Gasteiger partial charge in [-0.25, -0.2) is 4.98 Å². The average Bonchev–Trinajstić information content (AvgIpc) is 2.76. The van der Waals surface area contributed by atoms with Crippen LogP contribution in [0, 0.1) is 5.41 Å². The molecule has 0 atom stereocenters. The molecule has 2 aromatic rings. The molecule has 0 unspecified atom stereocenters. The highest BCUT2D eigenvalue weighted by Crippen LogP contribution is 2.43. The van der Waals surface area contributed by atoms with Gasteiger partial charge in [0, 0.05) is 6.42 Å². The van der Waals surface area contributed by atoms with Crippen LogP contribution in [0.2, 0.25) is 0 Å². The molecular weight excluding hydrogens is 256 g/mol. The predicted octanol–water partition coefficient (Wildman–Crippen LogP) is 3.37. The number of benzene rings is 1. The van der Waals surface area contributed by atoms with Crippen LogP contribution in [-0.4, -0.2) is 18.1 Å². The summed E-state index contributed by atoms with van der Waals surface area (Å²) in [5.74, 6) is 0.933. The normalized spacial score (nSPS) is 17.4. The second-order valence-electron chi connectivity index (χ2n) is 5.40. The lowest BCUT2D eigenvalue weighted by molar-refractivity contribution is 0.145. The molecule has 102 valence electrons. The van der Waals surface area contributed by atoms with E-state index in [1.807, 2.05) is 13.0 Å². The Hall–Kier alpha value is -1.13. The van der Waals surface area contributed by atoms with Crippen molar-refractivity contribution in [2.75, 3.05) is 13.2 Å². The van der Waals surface area contributed by atoms with Crippen LogP contribution >= 0.6 is 11.3 Å². The lowest BCUT2D eigenvalue weighted by Gasteiger charge is -2.40. The molecule has 0 radical (unpaired) electrons. The minimum atomic E-state index is 0.330. The predicted molar refractivity (Wildman–Crippen MR) is 79.8 cm³/mol. The van der Waals surface area contributed by atoms with Gasteiger partial charge in [-0.1, -0.05) is 6.42 Å². The molecule has 2 N–H and O–H groups in total. The second-order valence-corrected chi connectivity index (χ2v) is 6.52. The number of hydrogen-bond donors (Lipinski definition) is 1. The average molecular weight is 276 g/mol. The van der Waals surface area contributed by atoms with E-state index in [1.54, 1.807) is 11.3 Å². The first-order chi connectivity index (χ1) is 9.24. The van der Waals surface area contributed by atoms with Crippen LogP contribution in [0.4, 0.5) is 0 Å². The molecule has 1 aromatic carbocycles. The fourth-order valence-electron chi connectivity index (χ4n) is 2.74. The Morgan fingerprint density at radius 3 is 2.89 bits per heavy atom. The van der Waals surface area contributed by atoms with E-state index >= 15 is 0 Å². The molecule has 3 rings (SSSR count). The van der Waals surface area contributed by atoms with Crippen molar-refractivity contribution in [1.29, 1.82) is 0 Å². The molecule has 4 heteroatoms. The van der Waals surface area contributed by atoms with Gasteiger partial charge >= 0.3 is 0 Å². The minimum absolute atomic E-state index is 0.330. The van der Waals surface area contributed by atoms with Crippen LogP contribution in [0.1, 0.15) is 31.2 Å². The van der Waals surface area contributed by atoms with Gasteiger partial charge in [-0.3, -0.25) is 0 Å². The summed E-state index contributed by atoms with van der Waals surface area (Å²) >= 11 is 1.78. The van der Waals surface area contributed by atoms with Gasteiger partial charge in [0.05, 0.1) is 21.8 Å². The van der Waals surface area contributed by atoms with E-state index in [0.29, 0.717) is 12.0 Å². The fraction of sp³-hybridized carbons (Fsp3) is 0.533. The topological polar surface area (TPSA) is 48.1 Å². The summed E-state index contributed by atoms with van der Waals surface area (Å²) < 4.78 is 6.75. The van der Waals surface area contributed by atoms with E-state index in [2.05, 4.69) is 12.1 Å². The van der Waals surface area contributed by atoms with Gasteiger partial charge in [0.25, 0.3) is 0 Å². The van der Waals surface area contributed by atoms with E-state index < -0.39 is 0 Å². The lowest BCUT2D eigenvalue weighted by atomic mass is 9.67. The summed E-state index contributed by atoms with van der Waals surface area (Å²) in [7, 11) is 0. The third kappa shape index (κ3) is 2.47. The molecule has 0 amide bonds. The third-order valence-corrected chi connectivity index (χ3v) is 5.11. The molecule has 1 aliphatic carbocycles. The van der Waals surface area contributed by atoms with E-state index in [9.17, 15) is 0 Å². The molecule has 1 heterocycles. The van der Waals surface area contributed by atoms with Crippen LogP contribution in [-0.2, 0) is 6.42 Å². The van der Waals surface area contributed by atoms with Crippen LogP contribution in [0.3, 0.4) is 0 Å². The molecule has 1 saturated carbocycles. The summed E-state index contributed by atoms with van der Waals surface area (Å²) in [4.78, 5) is 4.74. The zero-order chi connectivity index (χ0) is 13.3. The maximum Gasteiger partial charge on any atom is 0.120 e. The number of fused-ring (bicyclic) bond motifs is 1. The lowest BCUT2D eigenvalue weighted by Crippen LogP contribution is -2.39. The summed E-state index contributed by atoms with van der Waals surface area (Å²) in [5.41, 5.74) is 7.34. The van der Waals surface area contributed by atoms with Crippen molar-refractivity contribution < 1.29 is 4.74 Å². The molecule has 0 aliphatic heterocycles. The van der Waals surface area contributed by atoms with Crippen molar-refractivity contribution in [3.63, 3.8) is 0 Å². The standard InChI is InChI=1S/C15H20N2OS/c1-2-18-11-4-5-12-13(8-11)19-14(17-12)9-15(10-16)6-3-7-15/h4-5,8H,2-3,6-7,9-10,16H2,1H3.